The van der Waals surface area contributed by atoms with Crippen molar-refractivity contribution >= 4 is 21.9 Å². The topological polar surface area (TPSA) is 91.0 Å². The van der Waals surface area contributed by atoms with Gasteiger partial charge in [-0.25, -0.2) is 14.8 Å². The van der Waals surface area contributed by atoms with Gasteiger partial charge < -0.3 is 9.15 Å². The second-order valence-electron chi connectivity index (χ2n) is 6.17. The number of nitrogens with zero attached hydrogens (tertiary/aromatic N) is 4. The summed E-state index contributed by atoms with van der Waals surface area (Å²) in [6, 6.07) is 9.31. The van der Waals surface area contributed by atoms with Gasteiger partial charge in [0, 0.05) is 5.56 Å². The van der Waals surface area contributed by atoms with Gasteiger partial charge in [0.05, 0.1) is 6.20 Å². The molecule has 0 fully saturated rings. The summed E-state index contributed by atoms with van der Waals surface area (Å²) in [5.41, 5.74) is 0.287. The summed E-state index contributed by atoms with van der Waals surface area (Å²) in [7, 11) is 0. The smallest absolute Gasteiger partial charge is 0.359 e. The Bertz CT molecular complexity index is 904. The highest BCUT2D eigenvalue weighted by Gasteiger charge is 2.26. The van der Waals surface area contributed by atoms with Crippen LogP contribution in [-0.2, 0) is 4.74 Å². The molecule has 2 heterocycles. The van der Waals surface area contributed by atoms with E-state index < -0.39 is 11.6 Å². The summed E-state index contributed by atoms with van der Waals surface area (Å²) in [4.78, 5) is 20.8. The number of esters is 1. The van der Waals surface area contributed by atoms with Gasteiger partial charge in [0.1, 0.15) is 10.2 Å². The summed E-state index contributed by atoms with van der Waals surface area (Å²) in [6.07, 6.45) is 1.41. The fraction of sp³-hybridized carbons (Fsp3) is 0.235. The Morgan fingerprint density at radius 1 is 1.12 bits per heavy atom. The fourth-order valence-corrected chi connectivity index (χ4v) is 2.29. The highest BCUT2D eigenvalue weighted by atomic mass is 79.9. The molecule has 7 nitrogen and oxygen atoms in total. The normalized spacial score (nSPS) is 11.4. The first-order chi connectivity index (χ1) is 11.8. The quantitative estimate of drug-likeness (QED) is 0.613. The Labute approximate surface area is 152 Å². The molecule has 0 saturated carbocycles. The van der Waals surface area contributed by atoms with Crippen LogP contribution in [0.15, 0.2) is 45.5 Å². The van der Waals surface area contributed by atoms with E-state index in [4.69, 9.17) is 9.15 Å². The van der Waals surface area contributed by atoms with Crippen LogP contribution in [0.4, 0.5) is 0 Å². The van der Waals surface area contributed by atoms with E-state index in [1.165, 1.54) is 6.20 Å². The average molecular weight is 403 g/mol. The SMILES string of the molecule is CC(C)(C)OC(=O)c1ncc(Br)nc1-c1nnc(-c2ccccc2)o1. The molecule has 3 rings (SSSR count). The molecule has 3 aromatic rings. The largest absolute Gasteiger partial charge is 0.455 e. The Balaban J connectivity index is 2.01. The highest BCUT2D eigenvalue weighted by molar-refractivity contribution is 9.10. The maximum Gasteiger partial charge on any atom is 0.359 e. The van der Waals surface area contributed by atoms with Gasteiger partial charge in [0.15, 0.2) is 11.4 Å². The molecular weight excluding hydrogens is 388 g/mol. The number of carbonyl (C=O) groups excluding carboxylic acids is 1. The molecule has 128 valence electrons. The molecule has 0 aliphatic rings. The molecule has 1 aromatic carbocycles. The fourth-order valence-electron chi connectivity index (χ4n) is 2.01. The number of ether oxygens (including phenoxy) is 1. The number of hydrogen-bond acceptors (Lipinski definition) is 7. The summed E-state index contributed by atoms with van der Waals surface area (Å²) in [6.45, 7) is 5.32. The minimum Gasteiger partial charge on any atom is -0.455 e. The van der Waals surface area contributed by atoms with E-state index in [9.17, 15) is 4.79 Å². The van der Waals surface area contributed by atoms with Crippen molar-refractivity contribution in [3.8, 4) is 23.0 Å². The van der Waals surface area contributed by atoms with Crippen molar-refractivity contribution in [2.24, 2.45) is 0 Å². The summed E-state index contributed by atoms with van der Waals surface area (Å²) in [5.74, 6) is -0.192. The molecule has 0 aliphatic carbocycles. The third-order valence-electron chi connectivity index (χ3n) is 2.98. The zero-order valence-corrected chi connectivity index (χ0v) is 15.4. The van der Waals surface area contributed by atoms with E-state index in [1.807, 2.05) is 30.3 Å². The molecule has 0 saturated heterocycles. The summed E-state index contributed by atoms with van der Waals surface area (Å²) < 4.78 is 11.5. The lowest BCUT2D eigenvalue weighted by atomic mass is 10.2. The van der Waals surface area contributed by atoms with Crippen molar-refractivity contribution in [3.05, 3.63) is 46.8 Å². The van der Waals surface area contributed by atoms with E-state index in [0.29, 0.717) is 10.5 Å². The van der Waals surface area contributed by atoms with Crippen molar-refractivity contribution in [1.29, 1.82) is 0 Å². The molecule has 0 atom stereocenters. The maximum atomic E-state index is 12.4. The van der Waals surface area contributed by atoms with Crippen molar-refractivity contribution < 1.29 is 13.9 Å². The van der Waals surface area contributed by atoms with Crippen molar-refractivity contribution in [1.82, 2.24) is 20.2 Å². The first-order valence-corrected chi connectivity index (χ1v) is 8.28. The Morgan fingerprint density at radius 2 is 1.80 bits per heavy atom. The van der Waals surface area contributed by atoms with Crippen LogP contribution in [-0.4, -0.2) is 31.7 Å². The molecule has 2 aromatic heterocycles. The molecule has 0 aliphatic heterocycles. The Hall–Kier alpha value is -2.61. The number of halogens is 1. The molecular formula is C17H15BrN4O3. The van der Waals surface area contributed by atoms with E-state index in [2.05, 4.69) is 36.1 Å². The lowest BCUT2D eigenvalue weighted by Crippen LogP contribution is -2.25. The maximum absolute atomic E-state index is 12.4. The molecule has 0 N–H and O–H groups in total. The first-order valence-electron chi connectivity index (χ1n) is 7.49. The zero-order chi connectivity index (χ0) is 18.0. The number of hydrogen-bond donors (Lipinski definition) is 0. The number of benzene rings is 1. The minimum absolute atomic E-state index is 0.0152. The van der Waals surface area contributed by atoms with E-state index >= 15 is 0 Å². The zero-order valence-electron chi connectivity index (χ0n) is 13.9. The van der Waals surface area contributed by atoms with E-state index in [1.54, 1.807) is 20.8 Å². The van der Waals surface area contributed by atoms with Gasteiger partial charge in [0.2, 0.25) is 5.89 Å². The monoisotopic (exact) mass is 402 g/mol. The summed E-state index contributed by atoms with van der Waals surface area (Å²) >= 11 is 3.24. The van der Waals surface area contributed by atoms with Crippen molar-refractivity contribution in [2.45, 2.75) is 26.4 Å². The van der Waals surface area contributed by atoms with Gasteiger partial charge >= 0.3 is 5.97 Å². The molecule has 0 unspecified atom stereocenters. The van der Waals surface area contributed by atoms with E-state index in [-0.39, 0.29) is 17.3 Å². The first kappa shape index (κ1) is 17.2. The number of rotatable bonds is 3. The predicted molar refractivity (Wildman–Crippen MR) is 93.6 cm³/mol. The van der Waals surface area contributed by atoms with Crippen LogP contribution in [0.5, 0.6) is 0 Å². The molecule has 8 heteroatoms. The third-order valence-corrected chi connectivity index (χ3v) is 3.37. The van der Waals surface area contributed by atoms with Crippen LogP contribution in [0.1, 0.15) is 31.3 Å². The van der Waals surface area contributed by atoms with Gasteiger partial charge in [-0.05, 0) is 48.8 Å². The average Bonchev–Trinajstić information content (AvgIpc) is 3.04. The molecule has 0 amide bonds. The van der Waals surface area contributed by atoms with Crippen LogP contribution in [0.25, 0.3) is 23.0 Å². The Kier molecular flexibility index (Phi) is 4.63. The van der Waals surface area contributed by atoms with Gasteiger partial charge in [-0.1, -0.05) is 18.2 Å². The van der Waals surface area contributed by atoms with Crippen LogP contribution in [0.2, 0.25) is 0 Å². The van der Waals surface area contributed by atoms with Gasteiger partial charge in [0.25, 0.3) is 5.89 Å². The number of carbonyl (C=O) groups is 1. The minimum atomic E-state index is -0.660. The van der Waals surface area contributed by atoms with Crippen molar-refractivity contribution in [2.75, 3.05) is 0 Å². The second kappa shape index (κ2) is 6.72. The summed E-state index contributed by atoms with van der Waals surface area (Å²) in [5, 5.41) is 8.01. The van der Waals surface area contributed by atoms with Crippen LogP contribution < -0.4 is 0 Å². The van der Waals surface area contributed by atoms with Gasteiger partial charge in [-0.3, -0.25) is 0 Å². The van der Waals surface area contributed by atoms with E-state index in [0.717, 1.165) is 5.56 Å². The predicted octanol–water partition coefficient (Wildman–Crippen LogP) is 3.91. The molecule has 25 heavy (non-hydrogen) atoms. The van der Waals surface area contributed by atoms with Gasteiger partial charge in [-0.2, -0.15) is 0 Å². The van der Waals surface area contributed by atoms with Crippen LogP contribution >= 0.6 is 15.9 Å². The third kappa shape index (κ3) is 4.08. The van der Waals surface area contributed by atoms with Crippen molar-refractivity contribution in [3.63, 3.8) is 0 Å². The molecule has 0 radical (unpaired) electrons. The molecule has 0 bridgehead atoms. The molecule has 0 spiro atoms. The highest BCUT2D eigenvalue weighted by Crippen LogP contribution is 2.26. The van der Waals surface area contributed by atoms with Crippen LogP contribution in [0, 0.1) is 0 Å². The second-order valence-corrected chi connectivity index (χ2v) is 6.98. The lowest BCUT2D eigenvalue weighted by Gasteiger charge is -2.19. The van der Waals surface area contributed by atoms with Gasteiger partial charge in [-0.15, -0.1) is 10.2 Å². The Morgan fingerprint density at radius 3 is 2.48 bits per heavy atom. The number of aromatic nitrogens is 4. The lowest BCUT2D eigenvalue weighted by molar-refractivity contribution is 0.00630. The van der Waals surface area contributed by atoms with Crippen LogP contribution in [0.3, 0.4) is 0 Å². The standard InChI is InChI=1S/C17H15BrN4O3/c1-17(2,3)25-16(23)13-12(20-11(18)9-19-13)15-22-21-14(24-15)10-7-5-4-6-8-10/h4-9H,1-3H3.